The summed E-state index contributed by atoms with van der Waals surface area (Å²) in [5, 5.41) is 2.92. The van der Waals surface area contributed by atoms with Crippen LogP contribution in [0.1, 0.15) is 26.2 Å². The molecule has 1 atom stereocenters. The lowest BCUT2D eigenvalue weighted by Crippen LogP contribution is -2.56. The average Bonchev–Trinajstić information content (AvgIpc) is 2.60. The van der Waals surface area contributed by atoms with Gasteiger partial charge in [0.05, 0.1) is 18.6 Å². The van der Waals surface area contributed by atoms with E-state index in [2.05, 4.69) is 5.32 Å². The summed E-state index contributed by atoms with van der Waals surface area (Å²) in [6, 6.07) is -0.489. The van der Waals surface area contributed by atoms with E-state index in [1.54, 1.807) is 4.90 Å². The Morgan fingerprint density at radius 1 is 1.18 bits per heavy atom. The maximum atomic E-state index is 12.7. The minimum Gasteiger partial charge on any atom is -0.381 e. The van der Waals surface area contributed by atoms with Gasteiger partial charge in [-0.25, -0.2) is 0 Å². The van der Waals surface area contributed by atoms with Gasteiger partial charge in [0.25, 0.3) is 0 Å². The van der Waals surface area contributed by atoms with Crippen molar-refractivity contribution >= 4 is 11.8 Å². The summed E-state index contributed by atoms with van der Waals surface area (Å²) < 4.78 is 10.6. The summed E-state index contributed by atoms with van der Waals surface area (Å²) in [4.78, 5) is 27.0. The maximum Gasteiger partial charge on any atom is 0.245 e. The Bertz CT molecular complexity index is 390. The number of amides is 2. The van der Waals surface area contributed by atoms with E-state index in [0.717, 1.165) is 0 Å². The minimum atomic E-state index is -0.600. The molecule has 126 valence electrons. The number of hydrogen-bond acceptors (Lipinski definition) is 5. The first kappa shape index (κ1) is 17.2. The van der Waals surface area contributed by atoms with E-state index >= 15 is 0 Å². The van der Waals surface area contributed by atoms with Crippen molar-refractivity contribution in [3.05, 3.63) is 0 Å². The third-order valence-corrected chi connectivity index (χ3v) is 4.66. The first-order valence-corrected chi connectivity index (χ1v) is 8.08. The molecule has 0 bridgehead atoms. The fourth-order valence-electron chi connectivity index (χ4n) is 2.94. The SMILES string of the molecule is CCC(NC(=O)C1(CN)CCOCC1)C(=O)N1CCOCC1. The lowest BCUT2D eigenvalue weighted by atomic mass is 9.79. The van der Waals surface area contributed by atoms with Gasteiger partial charge in [-0.3, -0.25) is 9.59 Å². The third-order valence-electron chi connectivity index (χ3n) is 4.66. The van der Waals surface area contributed by atoms with E-state index in [9.17, 15) is 9.59 Å². The molecule has 0 saturated carbocycles. The molecule has 2 heterocycles. The van der Waals surface area contributed by atoms with Crippen LogP contribution in [0.15, 0.2) is 0 Å². The van der Waals surface area contributed by atoms with Gasteiger partial charge in [-0.2, -0.15) is 0 Å². The van der Waals surface area contributed by atoms with Gasteiger partial charge in [-0.15, -0.1) is 0 Å². The van der Waals surface area contributed by atoms with E-state index in [-0.39, 0.29) is 18.4 Å². The zero-order chi connectivity index (χ0) is 16.0. The molecule has 2 fully saturated rings. The molecule has 0 radical (unpaired) electrons. The Labute approximate surface area is 131 Å². The Kier molecular flexibility index (Phi) is 6.16. The molecule has 0 aromatic heterocycles. The number of ether oxygens (including phenoxy) is 2. The molecule has 1 unspecified atom stereocenters. The topological polar surface area (TPSA) is 93.9 Å². The van der Waals surface area contributed by atoms with Crippen molar-refractivity contribution in [1.29, 1.82) is 0 Å². The van der Waals surface area contributed by atoms with Crippen LogP contribution in [-0.2, 0) is 19.1 Å². The molecule has 2 amide bonds. The second-order valence-corrected chi connectivity index (χ2v) is 5.97. The lowest BCUT2D eigenvalue weighted by molar-refractivity contribution is -0.144. The fourth-order valence-corrected chi connectivity index (χ4v) is 2.94. The van der Waals surface area contributed by atoms with Crippen LogP contribution in [0.3, 0.4) is 0 Å². The van der Waals surface area contributed by atoms with E-state index in [4.69, 9.17) is 15.2 Å². The standard InChI is InChI=1S/C15H27N3O4/c1-2-12(13(19)18-5-9-22-10-6-18)17-14(20)15(11-16)3-7-21-8-4-15/h12H,2-11,16H2,1H3,(H,17,20). The number of nitrogens with zero attached hydrogens (tertiary/aromatic N) is 1. The molecular formula is C15H27N3O4. The van der Waals surface area contributed by atoms with Crippen molar-refractivity contribution in [3.63, 3.8) is 0 Å². The summed E-state index contributed by atoms with van der Waals surface area (Å²) in [6.07, 6.45) is 1.79. The molecular weight excluding hydrogens is 286 g/mol. The predicted octanol–water partition coefficient (Wildman–Crippen LogP) is -0.504. The monoisotopic (exact) mass is 313 g/mol. The Balaban J connectivity index is 1.98. The van der Waals surface area contributed by atoms with Gasteiger partial charge >= 0.3 is 0 Å². The van der Waals surface area contributed by atoms with Crippen LogP contribution < -0.4 is 11.1 Å². The van der Waals surface area contributed by atoms with Crippen LogP contribution in [0.4, 0.5) is 0 Å². The number of nitrogens with two attached hydrogens (primary N) is 1. The Hall–Kier alpha value is -1.18. The fraction of sp³-hybridized carbons (Fsp3) is 0.867. The summed E-state index contributed by atoms with van der Waals surface area (Å²) in [5.74, 6) is -0.148. The van der Waals surface area contributed by atoms with Crippen molar-refractivity contribution in [3.8, 4) is 0 Å². The number of hydrogen-bond donors (Lipinski definition) is 2. The van der Waals surface area contributed by atoms with Crippen LogP contribution in [0.25, 0.3) is 0 Å². The molecule has 7 heteroatoms. The van der Waals surface area contributed by atoms with Gasteiger partial charge < -0.3 is 25.4 Å². The van der Waals surface area contributed by atoms with Crippen molar-refractivity contribution in [1.82, 2.24) is 10.2 Å². The molecule has 2 aliphatic rings. The lowest BCUT2D eigenvalue weighted by Gasteiger charge is -2.36. The molecule has 22 heavy (non-hydrogen) atoms. The second kappa shape index (κ2) is 7.89. The summed E-state index contributed by atoms with van der Waals surface area (Å²) >= 11 is 0. The van der Waals surface area contributed by atoms with Gasteiger partial charge in [0, 0.05) is 32.8 Å². The average molecular weight is 313 g/mol. The van der Waals surface area contributed by atoms with Crippen molar-refractivity contribution in [2.45, 2.75) is 32.2 Å². The van der Waals surface area contributed by atoms with Gasteiger partial charge in [0.2, 0.25) is 11.8 Å². The molecule has 2 saturated heterocycles. The van der Waals surface area contributed by atoms with Gasteiger partial charge in [0.15, 0.2) is 0 Å². The summed E-state index contributed by atoms with van der Waals surface area (Å²) in [6.45, 7) is 5.55. The smallest absolute Gasteiger partial charge is 0.245 e. The largest absolute Gasteiger partial charge is 0.381 e. The van der Waals surface area contributed by atoms with Crippen LogP contribution in [0.2, 0.25) is 0 Å². The molecule has 0 aromatic rings. The van der Waals surface area contributed by atoms with Gasteiger partial charge in [-0.05, 0) is 19.3 Å². The van der Waals surface area contributed by atoms with Crippen molar-refractivity contribution < 1.29 is 19.1 Å². The molecule has 7 nitrogen and oxygen atoms in total. The number of carbonyl (C=O) groups is 2. The Morgan fingerprint density at radius 3 is 2.32 bits per heavy atom. The van der Waals surface area contributed by atoms with Crippen LogP contribution in [-0.4, -0.2) is 68.8 Å². The highest BCUT2D eigenvalue weighted by atomic mass is 16.5. The molecule has 2 rings (SSSR count). The second-order valence-electron chi connectivity index (χ2n) is 5.97. The number of morpholine rings is 1. The van der Waals surface area contributed by atoms with Gasteiger partial charge in [-0.1, -0.05) is 6.92 Å². The minimum absolute atomic E-state index is 0.0293. The molecule has 2 aliphatic heterocycles. The van der Waals surface area contributed by atoms with Crippen LogP contribution in [0.5, 0.6) is 0 Å². The Morgan fingerprint density at radius 2 is 1.77 bits per heavy atom. The molecule has 0 spiro atoms. The molecule has 0 aliphatic carbocycles. The normalized spacial score (nSPS) is 22.9. The first-order chi connectivity index (χ1) is 10.6. The van der Waals surface area contributed by atoms with E-state index in [1.165, 1.54) is 0 Å². The number of rotatable bonds is 5. The third kappa shape index (κ3) is 3.77. The van der Waals surface area contributed by atoms with Gasteiger partial charge in [0.1, 0.15) is 6.04 Å². The predicted molar refractivity (Wildman–Crippen MR) is 81.2 cm³/mol. The van der Waals surface area contributed by atoms with Crippen LogP contribution >= 0.6 is 0 Å². The highest BCUT2D eigenvalue weighted by Crippen LogP contribution is 2.29. The van der Waals surface area contributed by atoms with Crippen molar-refractivity contribution in [2.75, 3.05) is 46.1 Å². The highest BCUT2D eigenvalue weighted by molar-refractivity contribution is 5.90. The quantitative estimate of drug-likeness (QED) is 0.713. The zero-order valence-corrected chi connectivity index (χ0v) is 13.3. The number of carbonyl (C=O) groups excluding carboxylic acids is 2. The van der Waals surface area contributed by atoms with Crippen molar-refractivity contribution in [2.24, 2.45) is 11.1 Å². The summed E-state index contributed by atoms with van der Waals surface area (Å²) in [5.41, 5.74) is 5.25. The van der Waals surface area contributed by atoms with Crippen LogP contribution in [0, 0.1) is 5.41 Å². The van der Waals surface area contributed by atoms with E-state index in [1.807, 2.05) is 6.92 Å². The summed E-state index contributed by atoms with van der Waals surface area (Å²) in [7, 11) is 0. The highest BCUT2D eigenvalue weighted by Gasteiger charge is 2.40. The van der Waals surface area contributed by atoms with E-state index in [0.29, 0.717) is 58.8 Å². The number of nitrogens with one attached hydrogen (secondary N) is 1. The maximum absolute atomic E-state index is 12.7. The first-order valence-electron chi connectivity index (χ1n) is 8.08. The van der Waals surface area contributed by atoms with E-state index < -0.39 is 11.5 Å². The molecule has 0 aromatic carbocycles. The molecule has 3 N–H and O–H groups in total. The zero-order valence-electron chi connectivity index (χ0n) is 13.3.